The van der Waals surface area contributed by atoms with E-state index in [-0.39, 0.29) is 11.8 Å². The van der Waals surface area contributed by atoms with Crippen molar-refractivity contribution in [3.8, 4) is 0 Å². The fourth-order valence-corrected chi connectivity index (χ4v) is 3.25. The summed E-state index contributed by atoms with van der Waals surface area (Å²) in [5.74, 6) is 1.36. The summed E-state index contributed by atoms with van der Waals surface area (Å²) >= 11 is 1.84. The van der Waals surface area contributed by atoms with Crippen molar-refractivity contribution in [2.24, 2.45) is 0 Å². The summed E-state index contributed by atoms with van der Waals surface area (Å²) in [6, 6.07) is 8.47. The minimum absolute atomic E-state index is 0.00850. The first-order valence-electron chi connectivity index (χ1n) is 7.23. The Morgan fingerprint density at radius 1 is 1.50 bits per heavy atom. The van der Waals surface area contributed by atoms with Crippen LogP contribution >= 0.6 is 11.8 Å². The molecular weight excluding hydrogens is 268 g/mol. The maximum Gasteiger partial charge on any atom is 0.230 e. The number of benzene rings is 1. The number of thioether (sulfide) groups is 1. The minimum Gasteiger partial charge on any atom is -0.385 e. The van der Waals surface area contributed by atoms with Crippen LogP contribution in [0.5, 0.6) is 0 Å². The fourth-order valence-electron chi connectivity index (χ4n) is 2.67. The Morgan fingerprint density at radius 2 is 2.25 bits per heavy atom. The Bertz CT molecular complexity index is 464. The van der Waals surface area contributed by atoms with Crippen LogP contribution in [-0.4, -0.2) is 42.4 Å². The number of rotatable bonds is 5. The van der Waals surface area contributed by atoms with Crippen LogP contribution in [0.15, 0.2) is 24.3 Å². The highest BCUT2D eigenvalue weighted by atomic mass is 32.2. The second-order valence-corrected chi connectivity index (χ2v) is 6.42. The molecule has 1 aliphatic heterocycles. The Kier molecular flexibility index (Phi) is 5.35. The van der Waals surface area contributed by atoms with Gasteiger partial charge in [0.1, 0.15) is 0 Å². The predicted octanol–water partition coefficient (Wildman–Crippen LogP) is 3.19. The lowest BCUT2D eigenvalue weighted by molar-refractivity contribution is -0.133. The number of amides is 1. The molecule has 0 bridgehead atoms. The monoisotopic (exact) mass is 292 g/mol. The van der Waals surface area contributed by atoms with Gasteiger partial charge < -0.3 is 10.2 Å². The predicted molar refractivity (Wildman–Crippen MR) is 87.5 cm³/mol. The first kappa shape index (κ1) is 15.2. The van der Waals surface area contributed by atoms with Crippen molar-refractivity contribution < 1.29 is 4.79 Å². The molecule has 1 aromatic rings. The van der Waals surface area contributed by atoms with Crippen LogP contribution in [0, 0.1) is 0 Å². The van der Waals surface area contributed by atoms with E-state index in [9.17, 15) is 4.79 Å². The standard InChI is InChI=1S/C16H24N2OS/c1-12(9-11-20-3)18(2)16(19)14-8-10-17-15-7-5-4-6-13(14)15/h4-7,12,14,17H,8-11H2,1-3H3. The molecule has 0 fully saturated rings. The molecule has 1 N–H and O–H groups in total. The van der Waals surface area contributed by atoms with Gasteiger partial charge in [-0.05, 0) is 43.4 Å². The molecule has 20 heavy (non-hydrogen) atoms. The highest BCUT2D eigenvalue weighted by Gasteiger charge is 2.29. The topological polar surface area (TPSA) is 32.3 Å². The summed E-state index contributed by atoms with van der Waals surface area (Å²) in [4.78, 5) is 14.7. The van der Waals surface area contributed by atoms with E-state index in [1.807, 2.05) is 35.8 Å². The van der Waals surface area contributed by atoms with Crippen molar-refractivity contribution in [1.29, 1.82) is 0 Å². The quantitative estimate of drug-likeness (QED) is 0.904. The summed E-state index contributed by atoms with van der Waals surface area (Å²) in [6.07, 6.45) is 4.04. The lowest BCUT2D eigenvalue weighted by Gasteiger charge is -2.32. The van der Waals surface area contributed by atoms with E-state index in [1.165, 1.54) is 0 Å². The molecule has 2 rings (SSSR count). The van der Waals surface area contributed by atoms with Crippen LogP contribution in [0.3, 0.4) is 0 Å². The van der Waals surface area contributed by atoms with E-state index in [1.54, 1.807) is 0 Å². The molecule has 2 unspecified atom stereocenters. The first-order chi connectivity index (χ1) is 9.65. The second-order valence-electron chi connectivity index (χ2n) is 5.43. The van der Waals surface area contributed by atoms with Crippen LogP contribution in [0.25, 0.3) is 0 Å². The number of likely N-dealkylation sites (N-methyl/N-ethyl adjacent to an activating group) is 1. The summed E-state index contributed by atoms with van der Waals surface area (Å²) in [7, 11) is 1.94. The van der Waals surface area contributed by atoms with Crippen molar-refractivity contribution >= 4 is 23.4 Å². The number of nitrogens with zero attached hydrogens (tertiary/aromatic N) is 1. The van der Waals surface area contributed by atoms with E-state index in [0.717, 1.165) is 36.4 Å². The molecule has 0 radical (unpaired) electrons. The number of fused-ring (bicyclic) bond motifs is 1. The number of hydrogen-bond donors (Lipinski definition) is 1. The van der Waals surface area contributed by atoms with Gasteiger partial charge in [-0.1, -0.05) is 18.2 Å². The van der Waals surface area contributed by atoms with Gasteiger partial charge in [0, 0.05) is 25.3 Å². The van der Waals surface area contributed by atoms with Gasteiger partial charge in [0.05, 0.1) is 5.92 Å². The lowest BCUT2D eigenvalue weighted by Crippen LogP contribution is -2.40. The van der Waals surface area contributed by atoms with Gasteiger partial charge in [-0.15, -0.1) is 0 Å². The molecule has 0 aromatic heterocycles. The van der Waals surface area contributed by atoms with Crippen LogP contribution in [0.2, 0.25) is 0 Å². The van der Waals surface area contributed by atoms with E-state index in [4.69, 9.17) is 0 Å². The number of hydrogen-bond acceptors (Lipinski definition) is 3. The molecule has 1 aromatic carbocycles. The highest BCUT2D eigenvalue weighted by Crippen LogP contribution is 2.32. The van der Waals surface area contributed by atoms with Gasteiger partial charge in [0.2, 0.25) is 5.91 Å². The number of anilines is 1. The Hall–Kier alpha value is -1.16. The smallest absolute Gasteiger partial charge is 0.230 e. The summed E-state index contributed by atoms with van der Waals surface area (Å²) in [5, 5.41) is 3.38. The molecule has 110 valence electrons. The molecule has 1 amide bonds. The Morgan fingerprint density at radius 3 is 3.00 bits per heavy atom. The normalized spacial score (nSPS) is 18.9. The van der Waals surface area contributed by atoms with Crippen LogP contribution in [-0.2, 0) is 4.79 Å². The van der Waals surface area contributed by atoms with Crippen LogP contribution in [0.1, 0.15) is 31.2 Å². The molecule has 0 spiro atoms. The highest BCUT2D eigenvalue weighted by molar-refractivity contribution is 7.98. The molecule has 3 nitrogen and oxygen atoms in total. The van der Waals surface area contributed by atoms with Gasteiger partial charge in [-0.2, -0.15) is 11.8 Å². The summed E-state index contributed by atoms with van der Waals surface area (Å²) in [5.41, 5.74) is 2.26. The zero-order chi connectivity index (χ0) is 14.5. The zero-order valence-corrected chi connectivity index (χ0v) is 13.4. The van der Waals surface area contributed by atoms with Gasteiger partial charge in [-0.25, -0.2) is 0 Å². The maximum atomic E-state index is 12.8. The third-order valence-electron chi connectivity index (χ3n) is 4.13. The largest absolute Gasteiger partial charge is 0.385 e. The molecule has 2 atom stereocenters. The molecule has 0 saturated heterocycles. The average molecular weight is 292 g/mol. The number of carbonyl (C=O) groups is 1. The van der Waals surface area contributed by atoms with Crippen molar-refractivity contribution in [2.75, 3.05) is 30.9 Å². The third-order valence-corrected chi connectivity index (χ3v) is 4.78. The van der Waals surface area contributed by atoms with E-state index in [0.29, 0.717) is 6.04 Å². The SMILES string of the molecule is CSCCC(C)N(C)C(=O)C1CCNc2ccccc21. The number of carbonyl (C=O) groups excluding carboxylic acids is 1. The summed E-state index contributed by atoms with van der Waals surface area (Å²) < 4.78 is 0. The molecule has 0 aliphatic carbocycles. The van der Waals surface area contributed by atoms with Crippen molar-refractivity contribution in [1.82, 2.24) is 4.90 Å². The first-order valence-corrected chi connectivity index (χ1v) is 8.63. The van der Waals surface area contributed by atoms with Crippen LogP contribution in [0.4, 0.5) is 5.69 Å². The Balaban J connectivity index is 2.10. The van der Waals surface area contributed by atoms with E-state index in [2.05, 4.69) is 30.6 Å². The van der Waals surface area contributed by atoms with Gasteiger partial charge in [0.15, 0.2) is 0 Å². The Labute approximate surface area is 126 Å². The van der Waals surface area contributed by atoms with Crippen molar-refractivity contribution in [3.05, 3.63) is 29.8 Å². The van der Waals surface area contributed by atoms with Gasteiger partial charge in [-0.3, -0.25) is 4.79 Å². The average Bonchev–Trinajstić information content (AvgIpc) is 2.50. The molecule has 0 saturated carbocycles. The van der Waals surface area contributed by atoms with Crippen LogP contribution < -0.4 is 5.32 Å². The van der Waals surface area contributed by atoms with Crippen molar-refractivity contribution in [3.63, 3.8) is 0 Å². The molecule has 1 aliphatic rings. The lowest BCUT2D eigenvalue weighted by atomic mass is 9.89. The summed E-state index contributed by atoms with van der Waals surface area (Å²) in [6.45, 7) is 3.02. The molecule has 1 heterocycles. The minimum atomic E-state index is 0.00850. The second kappa shape index (κ2) is 7.02. The molecule has 4 heteroatoms. The van der Waals surface area contributed by atoms with Crippen molar-refractivity contribution in [2.45, 2.75) is 31.7 Å². The zero-order valence-electron chi connectivity index (χ0n) is 12.6. The maximum absolute atomic E-state index is 12.8. The number of nitrogens with one attached hydrogen (secondary N) is 1. The number of para-hydroxylation sites is 1. The van der Waals surface area contributed by atoms with E-state index >= 15 is 0 Å². The van der Waals surface area contributed by atoms with Gasteiger partial charge >= 0.3 is 0 Å². The van der Waals surface area contributed by atoms with E-state index < -0.39 is 0 Å². The fraction of sp³-hybridized carbons (Fsp3) is 0.562. The molecular formula is C16H24N2OS. The van der Waals surface area contributed by atoms with Gasteiger partial charge in [0.25, 0.3) is 0 Å². The third kappa shape index (κ3) is 3.29.